The van der Waals surface area contributed by atoms with Crippen LogP contribution in [0.5, 0.6) is 6.01 Å². The molecule has 0 saturated carbocycles. The van der Waals surface area contributed by atoms with Gasteiger partial charge in [0.25, 0.3) is 0 Å². The van der Waals surface area contributed by atoms with E-state index in [1.165, 1.54) is 12.4 Å². The third kappa shape index (κ3) is 2.50. The second-order valence-corrected chi connectivity index (χ2v) is 1.59. The largest absolute Gasteiger partial charge is 0.729 e. The van der Waals surface area contributed by atoms with Gasteiger partial charge in [-0.2, -0.15) is 0 Å². The molecule has 1 rings (SSSR count). The van der Waals surface area contributed by atoms with Crippen molar-refractivity contribution in [3.05, 3.63) is 18.5 Å². The van der Waals surface area contributed by atoms with Crippen LogP contribution in [0, 0.1) is 0 Å². The van der Waals surface area contributed by atoms with Crippen LogP contribution in [0.25, 0.3) is 0 Å². The molecule has 0 spiro atoms. The maximum atomic E-state index is 8.66. The van der Waals surface area contributed by atoms with Crippen molar-refractivity contribution in [3.63, 3.8) is 0 Å². The summed E-state index contributed by atoms with van der Waals surface area (Å²) < 4.78 is 8.46. The molecule has 6 nitrogen and oxygen atoms in total. The molecule has 0 bridgehead atoms. The lowest BCUT2D eigenvalue weighted by Gasteiger charge is -2.02. The number of hydrogen-bond donors (Lipinski definition) is 2. The molecule has 0 amide bonds. The van der Waals surface area contributed by atoms with Crippen molar-refractivity contribution in [2.75, 3.05) is 0 Å². The Morgan fingerprint density at radius 1 is 1.45 bits per heavy atom. The minimum Gasteiger partial charge on any atom is -0.482 e. The number of rotatable bonds is 3. The molecule has 3 N–H and O–H groups in total. The zero-order valence-corrected chi connectivity index (χ0v) is 5.54. The highest BCUT2D eigenvalue weighted by Gasteiger charge is 2.17. The van der Waals surface area contributed by atoms with Crippen molar-refractivity contribution < 1.29 is 14.4 Å². The summed E-state index contributed by atoms with van der Waals surface area (Å²) in [5, 5.41) is 8.66. The van der Waals surface area contributed by atoms with E-state index in [1.807, 2.05) is 0 Å². The fourth-order valence-corrected chi connectivity index (χ4v) is 0.464. The molecule has 0 aliphatic rings. The molecule has 7 heteroatoms. The van der Waals surface area contributed by atoms with E-state index in [9.17, 15) is 0 Å². The van der Waals surface area contributed by atoms with Gasteiger partial charge in [0.05, 0.1) is 0 Å². The molecule has 0 aromatic carbocycles. The molecular formula is C4H6BN3O3. The summed E-state index contributed by atoms with van der Waals surface area (Å²) in [6.07, 6.45) is 2.93. The summed E-state index contributed by atoms with van der Waals surface area (Å²) in [5.41, 5.74) is 0. The van der Waals surface area contributed by atoms with E-state index in [4.69, 9.17) is 5.02 Å². The van der Waals surface area contributed by atoms with Crippen LogP contribution in [-0.4, -0.2) is 22.3 Å². The Bertz CT molecular complexity index is 209. The van der Waals surface area contributed by atoms with Gasteiger partial charge in [-0.15, -0.1) is 0 Å². The minimum atomic E-state index is -1.53. The third-order valence-electron chi connectivity index (χ3n) is 0.865. The van der Waals surface area contributed by atoms with Crippen LogP contribution in [-0.2, 0) is 4.76 Å². The predicted molar refractivity (Wildman–Crippen MR) is 35.9 cm³/mol. The Balaban J connectivity index is 2.51. The van der Waals surface area contributed by atoms with Crippen LogP contribution in [0.2, 0.25) is 0 Å². The van der Waals surface area contributed by atoms with Crippen LogP contribution < -0.4 is 10.6 Å². The van der Waals surface area contributed by atoms with Gasteiger partial charge in [0.15, 0.2) is 0 Å². The summed E-state index contributed by atoms with van der Waals surface area (Å²) >= 11 is 0. The number of nitrogens with two attached hydrogens (primary N) is 1. The molecule has 1 aromatic heterocycles. The first-order chi connectivity index (χ1) is 5.33. The van der Waals surface area contributed by atoms with E-state index in [2.05, 4.69) is 25.3 Å². The summed E-state index contributed by atoms with van der Waals surface area (Å²) in [5.74, 6) is 4.59. The average Bonchev–Trinajstić information content (AvgIpc) is 2.06. The first kappa shape index (κ1) is 7.93. The van der Waals surface area contributed by atoms with Gasteiger partial charge in [-0.3, -0.25) is 4.76 Å². The highest BCUT2D eigenvalue weighted by atomic mass is 16.7. The highest BCUT2D eigenvalue weighted by molar-refractivity contribution is 6.35. The minimum absolute atomic E-state index is 0.00505. The first-order valence-electron chi connectivity index (χ1n) is 2.80. The Labute approximate surface area is 63.1 Å². The first-order valence-corrected chi connectivity index (χ1v) is 2.80. The zero-order valence-electron chi connectivity index (χ0n) is 5.54. The van der Waals surface area contributed by atoms with Gasteiger partial charge in [0.2, 0.25) is 0 Å². The van der Waals surface area contributed by atoms with Crippen molar-refractivity contribution in [3.8, 4) is 6.01 Å². The molecule has 11 heavy (non-hydrogen) atoms. The topological polar surface area (TPSA) is 90.5 Å². The maximum absolute atomic E-state index is 8.66. The van der Waals surface area contributed by atoms with Crippen molar-refractivity contribution in [2.24, 2.45) is 5.90 Å². The smallest absolute Gasteiger partial charge is 0.482 e. The van der Waals surface area contributed by atoms with Crippen molar-refractivity contribution in [2.45, 2.75) is 0 Å². The molecule has 58 valence electrons. The molecule has 0 atom stereocenters. The monoisotopic (exact) mass is 155 g/mol. The van der Waals surface area contributed by atoms with Gasteiger partial charge in [0, 0.05) is 12.4 Å². The predicted octanol–water partition coefficient (Wildman–Crippen LogP) is -1.28. The van der Waals surface area contributed by atoms with Crippen LogP contribution in [0.1, 0.15) is 0 Å². The molecule has 0 saturated heterocycles. The second-order valence-electron chi connectivity index (χ2n) is 1.59. The fraction of sp³-hybridized carbons (Fsp3) is 0. The number of nitrogens with zero attached hydrogens (tertiary/aromatic N) is 2. The lowest BCUT2D eigenvalue weighted by atomic mass is 10.3. The van der Waals surface area contributed by atoms with Crippen molar-refractivity contribution >= 4 is 7.32 Å². The van der Waals surface area contributed by atoms with E-state index >= 15 is 0 Å². The molecule has 0 aliphatic carbocycles. The van der Waals surface area contributed by atoms with Crippen molar-refractivity contribution in [1.82, 2.24) is 9.97 Å². The van der Waals surface area contributed by atoms with E-state index in [-0.39, 0.29) is 6.01 Å². The third-order valence-corrected chi connectivity index (χ3v) is 0.865. The molecule has 0 unspecified atom stereocenters. The standard InChI is InChI=1S/C4H6BN3O3/c6-11-5(9)10-4-7-2-1-3-8-4/h1-3,9H,6H2. The van der Waals surface area contributed by atoms with Gasteiger partial charge in [-0.05, 0) is 6.07 Å². The lowest BCUT2D eigenvalue weighted by molar-refractivity contribution is 0.193. The summed E-state index contributed by atoms with van der Waals surface area (Å²) in [4.78, 5) is 7.28. The quantitative estimate of drug-likeness (QED) is 0.417. The Morgan fingerprint density at radius 3 is 2.64 bits per heavy atom. The molecule has 1 aromatic rings. The second kappa shape index (κ2) is 3.86. The molecule has 0 fully saturated rings. The fourth-order valence-electron chi connectivity index (χ4n) is 0.464. The average molecular weight is 155 g/mol. The summed E-state index contributed by atoms with van der Waals surface area (Å²) in [7, 11) is -1.53. The van der Waals surface area contributed by atoms with Crippen LogP contribution in [0.3, 0.4) is 0 Å². The van der Waals surface area contributed by atoms with Gasteiger partial charge in [0.1, 0.15) is 0 Å². The Morgan fingerprint density at radius 2 is 2.09 bits per heavy atom. The van der Waals surface area contributed by atoms with Crippen molar-refractivity contribution in [1.29, 1.82) is 0 Å². The number of hydrogen-bond acceptors (Lipinski definition) is 6. The maximum Gasteiger partial charge on any atom is 0.729 e. The molecule has 1 heterocycles. The van der Waals surface area contributed by atoms with Gasteiger partial charge in [-0.1, -0.05) is 0 Å². The normalized spacial score (nSPS) is 9.27. The van der Waals surface area contributed by atoms with Crippen LogP contribution in [0.4, 0.5) is 0 Å². The molecule has 0 radical (unpaired) electrons. The Hall–Kier alpha value is -1.18. The van der Waals surface area contributed by atoms with Gasteiger partial charge < -0.3 is 9.68 Å². The molecule has 0 aliphatic heterocycles. The van der Waals surface area contributed by atoms with Crippen LogP contribution in [0.15, 0.2) is 18.5 Å². The van der Waals surface area contributed by atoms with E-state index in [1.54, 1.807) is 6.07 Å². The summed E-state index contributed by atoms with van der Waals surface area (Å²) in [6, 6.07) is 1.62. The number of aromatic nitrogens is 2. The van der Waals surface area contributed by atoms with Gasteiger partial charge >= 0.3 is 13.3 Å². The SMILES string of the molecule is NOB(O)Oc1ncccn1. The van der Waals surface area contributed by atoms with E-state index in [0.717, 1.165) is 0 Å². The molecular weight excluding hydrogens is 149 g/mol. The Kier molecular flexibility index (Phi) is 2.78. The van der Waals surface area contributed by atoms with E-state index < -0.39 is 7.32 Å². The summed E-state index contributed by atoms with van der Waals surface area (Å²) in [6.45, 7) is 0. The van der Waals surface area contributed by atoms with Crippen LogP contribution >= 0.6 is 0 Å². The highest BCUT2D eigenvalue weighted by Crippen LogP contribution is 1.97. The van der Waals surface area contributed by atoms with E-state index in [0.29, 0.717) is 0 Å². The van der Waals surface area contributed by atoms with Gasteiger partial charge in [-0.25, -0.2) is 15.9 Å². The lowest BCUT2D eigenvalue weighted by Crippen LogP contribution is -2.29. The zero-order chi connectivity index (χ0) is 8.10.